The number of carbonyl (C=O) groups is 1. The molecule has 0 bridgehead atoms. The van der Waals surface area contributed by atoms with E-state index >= 15 is 0 Å². The highest BCUT2D eigenvalue weighted by Crippen LogP contribution is 2.44. The van der Waals surface area contributed by atoms with Crippen molar-refractivity contribution in [2.45, 2.75) is 63.2 Å². The molecule has 0 radical (unpaired) electrons. The third kappa shape index (κ3) is 4.82. The van der Waals surface area contributed by atoms with Gasteiger partial charge in [-0.15, -0.1) is 0 Å². The quantitative estimate of drug-likeness (QED) is 0.568. The zero-order valence-corrected chi connectivity index (χ0v) is 20.0. The molecule has 2 aliphatic heterocycles. The highest BCUT2D eigenvalue weighted by molar-refractivity contribution is 5.72. The van der Waals surface area contributed by atoms with Gasteiger partial charge in [-0.3, -0.25) is 4.90 Å². The minimum Gasteiger partial charge on any atom is -0.437 e. The Bertz CT molecular complexity index is 925. The van der Waals surface area contributed by atoms with Crippen molar-refractivity contribution in [2.24, 2.45) is 0 Å². The molecule has 1 amide bonds. The largest absolute Gasteiger partial charge is 0.437 e. The number of halogens is 2. The molecular formula is C27H34F2N2O3. The van der Waals surface area contributed by atoms with E-state index in [-0.39, 0.29) is 17.6 Å². The van der Waals surface area contributed by atoms with E-state index in [1.807, 2.05) is 6.92 Å². The van der Waals surface area contributed by atoms with Crippen LogP contribution in [0.4, 0.5) is 13.6 Å². The number of nitrogens with zero attached hydrogens (tertiary/aromatic N) is 2. The Labute approximate surface area is 200 Å². The molecule has 2 fully saturated rings. The van der Waals surface area contributed by atoms with Gasteiger partial charge in [0.15, 0.2) is 11.3 Å². The van der Waals surface area contributed by atoms with Crippen LogP contribution in [0.15, 0.2) is 48.5 Å². The number of aliphatic hydroxyl groups is 1. The first-order valence-corrected chi connectivity index (χ1v) is 12.2. The van der Waals surface area contributed by atoms with Gasteiger partial charge in [-0.1, -0.05) is 31.2 Å². The van der Waals surface area contributed by atoms with E-state index in [4.69, 9.17) is 4.74 Å². The van der Waals surface area contributed by atoms with Crippen LogP contribution >= 0.6 is 0 Å². The molecule has 2 aromatic rings. The van der Waals surface area contributed by atoms with Crippen LogP contribution in [0.2, 0.25) is 0 Å². The Morgan fingerprint density at radius 2 is 1.50 bits per heavy atom. The van der Waals surface area contributed by atoms with Crippen LogP contribution in [0.1, 0.15) is 63.0 Å². The maximum absolute atomic E-state index is 13.5. The summed E-state index contributed by atoms with van der Waals surface area (Å²) in [6.45, 7) is 6.48. The third-order valence-corrected chi connectivity index (χ3v) is 7.51. The zero-order valence-electron chi connectivity index (χ0n) is 20.0. The van der Waals surface area contributed by atoms with Gasteiger partial charge in [-0.05, 0) is 68.1 Å². The fraction of sp³-hybridized carbons (Fsp3) is 0.519. The summed E-state index contributed by atoms with van der Waals surface area (Å²) in [5, 5.41) is 11.2. The molecule has 2 saturated heterocycles. The van der Waals surface area contributed by atoms with Gasteiger partial charge in [0.25, 0.3) is 0 Å². The average Bonchev–Trinajstić information content (AvgIpc) is 3.00. The van der Waals surface area contributed by atoms with Crippen LogP contribution in [-0.4, -0.2) is 58.5 Å². The lowest BCUT2D eigenvalue weighted by Gasteiger charge is -2.45. The third-order valence-electron chi connectivity index (χ3n) is 7.51. The first-order valence-electron chi connectivity index (χ1n) is 12.2. The van der Waals surface area contributed by atoms with Gasteiger partial charge < -0.3 is 14.7 Å². The van der Waals surface area contributed by atoms with Gasteiger partial charge in [-0.25, -0.2) is 13.6 Å². The standard InChI is InChI=1S/C27H34F2N2O3/c1-3-16-31-25(32)34-27(26(31,2)33)14-18-30(19-15-27)17-4-5-24(20-6-10-22(28)11-7-20)21-8-12-23(29)13-9-21/h6-13,24,33H,3-5,14-19H2,1-2H3. The topological polar surface area (TPSA) is 53.0 Å². The highest BCUT2D eigenvalue weighted by atomic mass is 19.1. The summed E-state index contributed by atoms with van der Waals surface area (Å²) in [5.74, 6) is -0.494. The molecule has 2 heterocycles. The highest BCUT2D eigenvalue weighted by Gasteiger charge is 2.62. The summed E-state index contributed by atoms with van der Waals surface area (Å²) < 4.78 is 32.7. The van der Waals surface area contributed by atoms with E-state index < -0.39 is 17.4 Å². The van der Waals surface area contributed by atoms with E-state index in [1.165, 1.54) is 29.2 Å². The number of piperidine rings is 1. The summed E-state index contributed by atoms with van der Waals surface area (Å²) in [7, 11) is 0. The molecule has 0 saturated carbocycles. The Balaban J connectivity index is 1.36. The molecule has 2 aliphatic rings. The Morgan fingerprint density at radius 3 is 2.00 bits per heavy atom. The zero-order chi connectivity index (χ0) is 24.3. The summed E-state index contributed by atoms with van der Waals surface area (Å²) >= 11 is 0. The van der Waals surface area contributed by atoms with Crippen LogP contribution in [-0.2, 0) is 4.74 Å². The van der Waals surface area contributed by atoms with Crippen LogP contribution in [0, 0.1) is 11.6 Å². The second kappa shape index (κ2) is 10.0. The molecule has 5 nitrogen and oxygen atoms in total. The minimum atomic E-state index is -1.30. The molecule has 1 spiro atoms. The lowest BCUT2D eigenvalue weighted by atomic mass is 9.81. The number of rotatable bonds is 8. The SMILES string of the molecule is CCCN1C(=O)OC2(CCN(CCCC(c3ccc(F)cc3)c3ccc(F)cc3)CC2)C1(C)O. The van der Waals surface area contributed by atoms with Crippen molar-refractivity contribution in [1.29, 1.82) is 0 Å². The lowest BCUT2D eigenvalue weighted by molar-refractivity contribution is -0.165. The normalized spacial score (nSPS) is 22.5. The summed E-state index contributed by atoms with van der Waals surface area (Å²) in [4.78, 5) is 16.2. The fourth-order valence-electron chi connectivity index (χ4n) is 5.42. The molecule has 1 N–H and O–H groups in total. The lowest BCUT2D eigenvalue weighted by Crippen LogP contribution is -2.60. The molecule has 1 unspecified atom stereocenters. The molecule has 2 aromatic carbocycles. The molecule has 0 aliphatic carbocycles. The Morgan fingerprint density at radius 1 is 0.971 bits per heavy atom. The van der Waals surface area contributed by atoms with Crippen molar-refractivity contribution in [2.75, 3.05) is 26.2 Å². The maximum atomic E-state index is 13.5. The Hall–Kier alpha value is -2.51. The number of carbonyl (C=O) groups excluding carboxylic acids is 1. The van der Waals surface area contributed by atoms with E-state index in [0.29, 0.717) is 19.4 Å². The molecule has 4 rings (SSSR count). The minimum absolute atomic E-state index is 0.0523. The van der Waals surface area contributed by atoms with Gasteiger partial charge in [0.2, 0.25) is 0 Å². The predicted octanol–water partition coefficient (Wildman–Crippen LogP) is 5.28. The number of benzene rings is 2. The number of hydrogen-bond donors (Lipinski definition) is 1. The van der Waals surface area contributed by atoms with Crippen molar-refractivity contribution in [1.82, 2.24) is 9.80 Å². The number of hydrogen-bond acceptors (Lipinski definition) is 4. The molecule has 34 heavy (non-hydrogen) atoms. The van der Waals surface area contributed by atoms with E-state index in [1.54, 1.807) is 31.2 Å². The maximum Gasteiger partial charge on any atom is 0.412 e. The first-order chi connectivity index (χ1) is 16.3. The first kappa shape index (κ1) is 24.6. The second-order valence-corrected chi connectivity index (χ2v) is 9.67. The van der Waals surface area contributed by atoms with Crippen LogP contribution in [0.3, 0.4) is 0 Å². The van der Waals surface area contributed by atoms with Crippen molar-refractivity contribution in [3.05, 3.63) is 71.3 Å². The molecule has 7 heteroatoms. The molecule has 184 valence electrons. The smallest absolute Gasteiger partial charge is 0.412 e. The van der Waals surface area contributed by atoms with Crippen molar-refractivity contribution in [3.8, 4) is 0 Å². The van der Waals surface area contributed by atoms with Crippen LogP contribution in [0.25, 0.3) is 0 Å². The monoisotopic (exact) mass is 472 g/mol. The summed E-state index contributed by atoms with van der Waals surface area (Å²) in [6, 6.07) is 13.1. The van der Waals surface area contributed by atoms with E-state index in [0.717, 1.165) is 50.0 Å². The fourth-order valence-corrected chi connectivity index (χ4v) is 5.42. The predicted molar refractivity (Wildman–Crippen MR) is 126 cm³/mol. The summed E-state index contributed by atoms with van der Waals surface area (Å²) in [5.41, 5.74) is -0.144. The van der Waals surface area contributed by atoms with Crippen LogP contribution in [0.5, 0.6) is 0 Å². The Kier molecular flexibility index (Phi) is 7.24. The second-order valence-electron chi connectivity index (χ2n) is 9.67. The summed E-state index contributed by atoms with van der Waals surface area (Å²) in [6.07, 6.45) is 3.26. The molecule has 0 aromatic heterocycles. The van der Waals surface area contributed by atoms with E-state index in [9.17, 15) is 18.7 Å². The number of likely N-dealkylation sites (tertiary alicyclic amines) is 1. The van der Waals surface area contributed by atoms with Gasteiger partial charge in [-0.2, -0.15) is 0 Å². The van der Waals surface area contributed by atoms with Gasteiger partial charge in [0.1, 0.15) is 11.6 Å². The molecule has 1 atom stereocenters. The molecular weight excluding hydrogens is 438 g/mol. The van der Waals surface area contributed by atoms with Crippen molar-refractivity contribution >= 4 is 6.09 Å². The number of ether oxygens (including phenoxy) is 1. The van der Waals surface area contributed by atoms with Gasteiger partial charge in [0, 0.05) is 38.4 Å². The van der Waals surface area contributed by atoms with E-state index in [2.05, 4.69) is 4.90 Å². The van der Waals surface area contributed by atoms with Gasteiger partial charge >= 0.3 is 6.09 Å². The van der Waals surface area contributed by atoms with Gasteiger partial charge in [0.05, 0.1) is 0 Å². The van der Waals surface area contributed by atoms with Crippen molar-refractivity contribution in [3.63, 3.8) is 0 Å². The average molecular weight is 473 g/mol. The van der Waals surface area contributed by atoms with Crippen LogP contribution < -0.4 is 0 Å². The number of amides is 1. The van der Waals surface area contributed by atoms with Crippen molar-refractivity contribution < 1.29 is 23.4 Å².